The number of amides is 2. The Morgan fingerprint density at radius 3 is 2.67 bits per heavy atom. The molecular formula is C28H31N3O6S3. The average molecular weight is 602 g/mol. The van der Waals surface area contributed by atoms with Gasteiger partial charge >= 0.3 is 11.9 Å². The van der Waals surface area contributed by atoms with Crippen LogP contribution in [0.2, 0.25) is 0 Å². The summed E-state index contributed by atoms with van der Waals surface area (Å²) in [6.07, 6.45) is 6.57. The van der Waals surface area contributed by atoms with E-state index in [1.807, 2.05) is 4.57 Å². The molecular weight excluding hydrogens is 571 g/mol. The van der Waals surface area contributed by atoms with E-state index in [4.69, 9.17) is 9.47 Å². The van der Waals surface area contributed by atoms with E-state index in [9.17, 15) is 19.2 Å². The number of thioether (sulfide) groups is 1. The summed E-state index contributed by atoms with van der Waals surface area (Å²) in [4.78, 5) is 56.0. The number of hydrogen-bond acceptors (Lipinski definition) is 9. The van der Waals surface area contributed by atoms with E-state index >= 15 is 0 Å². The predicted octanol–water partition coefficient (Wildman–Crippen LogP) is 4.98. The van der Waals surface area contributed by atoms with Crippen LogP contribution in [-0.4, -0.2) is 53.5 Å². The first-order chi connectivity index (χ1) is 19.4. The summed E-state index contributed by atoms with van der Waals surface area (Å²) in [6, 6.07) is 5.17. The number of methoxy groups -OCH3 is 1. The monoisotopic (exact) mass is 601 g/mol. The number of nitrogens with zero attached hydrogens (tertiary/aromatic N) is 2. The van der Waals surface area contributed by atoms with Gasteiger partial charge < -0.3 is 19.4 Å². The number of anilines is 1. The van der Waals surface area contributed by atoms with Gasteiger partial charge in [0, 0.05) is 11.4 Å². The van der Waals surface area contributed by atoms with Crippen molar-refractivity contribution < 1.29 is 28.7 Å². The van der Waals surface area contributed by atoms with Crippen molar-refractivity contribution in [1.29, 1.82) is 0 Å². The van der Waals surface area contributed by atoms with Gasteiger partial charge in [-0.1, -0.05) is 23.8 Å². The zero-order chi connectivity index (χ0) is 28.6. The standard InChI is InChI=1S/C28H31N3O6S3/c1-4-13-31-19-12-11-17(26(34)36-3)14-21(19)40-28(31)30-23(33)16-38-15-22(32)29-25-24(27(35)37-5-2)18-9-7-6-8-10-20(18)39-25/h4,11-12,14H,1,5-10,13,15-16H2,2-3H3,(H,29,32). The molecule has 9 nitrogen and oxygen atoms in total. The van der Waals surface area contributed by atoms with E-state index in [0.29, 0.717) is 27.5 Å². The van der Waals surface area contributed by atoms with E-state index in [0.717, 1.165) is 64.5 Å². The summed E-state index contributed by atoms with van der Waals surface area (Å²) >= 11 is 3.89. The van der Waals surface area contributed by atoms with Gasteiger partial charge in [0.15, 0.2) is 4.80 Å². The Morgan fingerprint density at radius 2 is 1.93 bits per heavy atom. The van der Waals surface area contributed by atoms with E-state index in [1.165, 1.54) is 29.8 Å². The molecule has 12 heteroatoms. The Kier molecular flexibility index (Phi) is 10.3. The third-order valence-corrected chi connectivity index (χ3v) is 9.41. The van der Waals surface area contributed by atoms with Crippen molar-refractivity contribution in [2.24, 2.45) is 4.99 Å². The van der Waals surface area contributed by atoms with Crippen molar-refractivity contribution in [3.63, 3.8) is 0 Å². The number of ether oxygens (including phenoxy) is 2. The first-order valence-corrected chi connectivity index (χ1v) is 15.7. The highest BCUT2D eigenvalue weighted by atomic mass is 32.2. The second-order valence-corrected chi connectivity index (χ2v) is 12.1. The molecule has 0 fully saturated rings. The molecule has 0 saturated carbocycles. The number of hydrogen-bond donors (Lipinski definition) is 1. The third-order valence-electron chi connectivity index (χ3n) is 6.25. The molecule has 0 saturated heterocycles. The number of esters is 2. The smallest absolute Gasteiger partial charge is 0.341 e. The minimum atomic E-state index is -0.442. The molecule has 0 bridgehead atoms. The van der Waals surface area contributed by atoms with E-state index in [-0.39, 0.29) is 29.9 Å². The van der Waals surface area contributed by atoms with Gasteiger partial charge in [-0.25, -0.2) is 9.59 Å². The number of aromatic nitrogens is 1. The molecule has 2 aromatic heterocycles. The lowest BCUT2D eigenvalue weighted by Gasteiger charge is -2.08. The van der Waals surface area contributed by atoms with Gasteiger partial charge in [-0.3, -0.25) is 9.59 Å². The van der Waals surface area contributed by atoms with Crippen LogP contribution in [0.15, 0.2) is 35.8 Å². The molecule has 0 spiro atoms. The number of rotatable bonds is 10. The molecule has 3 aromatic rings. The maximum atomic E-state index is 12.8. The van der Waals surface area contributed by atoms with Crippen LogP contribution in [0, 0.1) is 0 Å². The first kappa shape index (κ1) is 29.8. The van der Waals surface area contributed by atoms with Crippen LogP contribution >= 0.6 is 34.4 Å². The average Bonchev–Trinajstić information content (AvgIpc) is 3.34. The Morgan fingerprint density at radius 1 is 1.12 bits per heavy atom. The van der Waals surface area contributed by atoms with Gasteiger partial charge in [0.1, 0.15) is 5.00 Å². The summed E-state index contributed by atoms with van der Waals surface area (Å²) < 4.78 is 12.7. The Bertz CT molecular complexity index is 1520. The third kappa shape index (κ3) is 6.91. The van der Waals surface area contributed by atoms with Gasteiger partial charge in [-0.15, -0.1) is 29.7 Å². The minimum absolute atomic E-state index is 0.00877. The van der Waals surface area contributed by atoms with Crippen molar-refractivity contribution in [2.75, 3.05) is 30.5 Å². The summed E-state index contributed by atoms with van der Waals surface area (Å²) in [7, 11) is 1.32. The molecule has 1 aromatic carbocycles. The van der Waals surface area contributed by atoms with Crippen LogP contribution in [-0.2, 0) is 38.4 Å². The lowest BCUT2D eigenvalue weighted by atomic mass is 10.1. The van der Waals surface area contributed by atoms with Crippen LogP contribution in [0.5, 0.6) is 0 Å². The number of aryl methyl sites for hydroxylation is 1. The topological polar surface area (TPSA) is 116 Å². The largest absolute Gasteiger partial charge is 0.465 e. The summed E-state index contributed by atoms with van der Waals surface area (Å²) in [5.41, 5.74) is 2.70. The molecule has 0 unspecified atom stereocenters. The van der Waals surface area contributed by atoms with Crippen molar-refractivity contribution in [2.45, 2.75) is 45.6 Å². The summed E-state index contributed by atoms with van der Waals surface area (Å²) in [5, 5.41) is 3.40. The number of nitrogens with one attached hydrogen (secondary N) is 1. The fraction of sp³-hybridized carbons (Fsp3) is 0.393. The molecule has 0 radical (unpaired) electrons. The van der Waals surface area contributed by atoms with Gasteiger partial charge in [-0.2, -0.15) is 4.99 Å². The second kappa shape index (κ2) is 13.9. The maximum absolute atomic E-state index is 12.8. The number of allylic oxidation sites excluding steroid dienone is 1. The number of fused-ring (bicyclic) bond motifs is 2. The van der Waals surface area contributed by atoms with Crippen LogP contribution in [0.4, 0.5) is 5.00 Å². The van der Waals surface area contributed by atoms with Gasteiger partial charge in [-0.05, 0) is 56.4 Å². The van der Waals surface area contributed by atoms with Crippen molar-refractivity contribution in [3.05, 3.63) is 57.2 Å². The molecule has 0 aliphatic heterocycles. The summed E-state index contributed by atoms with van der Waals surface area (Å²) in [6.45, 7) is 6.24. The maximum Gasteiger partial charge on any atom is 0.341 e. The fourth-order valence-electron chi connectivity index (χ4n) is 4.49. The highest BCUT2D eigenvalue weighted by Crippen LogP contribution is 2.38. The number of thiazole rings is 1. The molecule has 1 aliphatic rings. The molecule has 2 amide bonds. The second-order valence-electron chi connectivity index (χ2n) is 8.99. The normalized spacial score (nSPS) is 13.4. The Balaban J connectivity index is 1.43. The Hall–Kier alpha value is -3.22. The van der Waals surface area contributed by atoms with Crippen LogP contribution < -0.4 is 10.1 Å². The lowest BCUT2D eigenvalue weighted by molar-refractivity contribution is -0.115. The van der Waals surface area contributed by atoms with Gasteiger partial charge in [0.2, 0.25) is 5.91 Å². The van der Waals surface area contributed by atoms with Crippen molar-refractivity contribution in [1.82, 2.24) is 4.57 Å². The van der Waals surface area contributed by atoms with Crippen molar-refractivity contribution >= 4 is 73.4 Å². The SMILES string of the molecule is C=CCn1c(=NC(=O)CSCC(=O)Nc2sc3c(c2C(=O)OCC)CCCCC3)sc2cc(C(=O)OC)ccc21. The predicted molar refractivity (Wildman–Crippen MR) is 159 cm³/mol. The molecule has 0 atom stereocenters. The highest BCUT2D eigenvalue weighted by Gasteiger charge is 2.26. The van der Waals surface area contributed by atoms with E-state index in [1.54, 1.807) is 31.2 Å². The molecule has 212 valence electrons. The van der Waals surface area contributed by atoms with Crippen LogP contribution in [0.25, 0.3) is 10.2 Å². The molecule has 40 heavy (non-hydrogen) atoms. The fourth-order valence-corrected chi connectivity index (χ4v) is 7.48. The highest BCUT2D eigenvalue weighted by molar-refractivity contribution is 8.00. The van der Waals surface area contributed by atoms with Crippen LogP contribution in [0.1, 0.15) is 57.3 Å². The first-order valence-electron chi connectivity index (χ1n) is 13.0. The van der Waals surface area contributed by atoms with Gasteiger partial charge in [0.05, 0.1) is 46.6 Å². The number of carbonyl (C=O) groups is 4. The molecule has 2 heterocycles. The van der Waals surface area contributed by atoms with Crippen LogP contribution in [0.3, 0.4) is 0 Å². The lowest BCUT2D eigenvalue weighted by Crippen LogP contribution is -2.19. The quantitative estimate of drug-likeness (QED) is 0.198. The van der Waals surface area contributed by atoms with E-state index in [2.05, 4.69) is 16.9 Å². The number of benzene rings is 1. The number of thiophene rings is 1. The zero-order valence-electron chi connectivity index (χ0n) is 22.4. The zero-order valence-corrected chi connectivity index (χ0v) is 24.9. The molecule has 4 rings (SSSR count). The number of carbonyl (C=O) groups excluding carboxylic acids is 4. The van der Waals surface area contributed by atoms with E-state index < -0.39 is 11.9 Å². The molecule has 1 N–H and O–H groups in total. The minimum Gasteiger partial charge on any atom is -0.465 e. The summed E-state index contributed by atoms with van der Waals surface area (Å²) in [5.74, 6) is -1.48. The Labute approximate surface area is 244 Å². The van der Waals surface area contributed by atoms with Crippen molar-refractivity contribution in [3.8, 4) is 0 Å². The van der Waals surface area contributed by atoms with Gasteiger partial charge in [0.25, 0.3) is 5.91 Å². The molecule has 1 aliphatic carbocycles.